The predicted octanol–water partition coefficient (Wildman–Crippen LogP) is 2.17. The molecular formula is C17H19N3O2S. The van der Waals surface area contributed by atoms with Crippen LogP contribution in [0, 0.1) is 11.8 Å². The van der Waals surface area contributed by atoms with Gasteiger partial charge >= 0.3 is 0 Å². The van der Waals surface area contributed by atoms with Crippen LogP contribution >= 0.6 is 11.3 Å². The fourth-order valence-electron chi connectivity index (χ4n) is 3.04. The Morgan fingerprint density at radius 3 is 2.96 bits per heavy atom. The van der Waals surface area contributed by atoms with Crippen molar-refractivity contribution in [2.45, 2.75) is 25.8 Å². The predicted molar refractivity (Wildman–Crippen MR) is 88.9 cm³/mol. The Labute approximate surface area is 138 Å². The van der Waals surface area contributed by atoms with E-state index in [-0.39, 0.29) is 17.7 Å². The molecule has 0 unspecified atom stereocenters. The molecule has 23 heavy (non-hydrogen) atoms. The first-order chi connectivity index (χ1) is 11.2. The second-order valence-corrected chi connectivity index (χ2v) is 7.55. The van der Waals surface area contributed by atoms with Crippen molar-refractivity contribution in [2.75, 3.05) is 13.1 Å². The van der Waals surface area contributed by atoms with Crippen molar-refractivity contribution in [3.8, 4) is 0 Å². The van der Waals surface area contributed by atoms with Gasteiger partial charge in [-0.3, -0.25) is 9.59 Å². The van der Waals surface area contributed by atoms with Gasteiger partial charge in [-0.2, -0.15) is 0 Å². The molecule has 6 heteroatoms. The number of carbonyl (C=O) groups excluding carboxylic acids is 2. The quantitative estimate of drug-likeness (QED) is 0.914. The van der Waals surface area contributed by atoms with E-state index in [1.807, 2.05) is 29.2 Å². The molecule has 5 nitrogen and oxygen atoms in total. The van der Waals surface area contributed by atoms with E-state index in [0.717, 1.165) is 21.8 Å². The summed E-state index contributed by atoms with van der Waals surface area (Å²) in [6.45, 7) is 1.84. The smallest absolute Gasteiger partial charge is 0.225 e. The van der Waals surface area contributed by atoms with Gasteiger partial charge in [-0.15, -0.1) is 11.3 Å². The molecule has 1 aromatic heterocycles. The molecule has 0 spiro atoms. The van der Waals surface area contributed by atoms with Gasteiger partial charge in [0.2, 0.25) is 11.8 Å². The minimum Gasteiger partial charge on any atom is -0.349 e. The number of hydrogen-bond donors (Lipinski definition) is 1. The molecule has 2 fully saturated rings. The third-order valence-electron chi connectivity index (χ3n) is 4.51. The van der Waals surface area contributed by atoms with Gasteiger partial charge < -0.3 is 10.2 Å². The molecule has 2 amide bonds. The first kappa shape index (κ1) is 14.6. The fourth-order valence-corrected chi connectivity index (χ4v) is 3.95. The van der Waals surface area contributed by atoms with E-state index in [0.29, 0.717) is 25.4 Å². The van der Waals surface area contributed by atoms with Gasteiger partial charge in [0, 0.05) is 19.5 Å². The number of amides is 2. The number of para-hydroxylation sites is 1. The van der Waals surface area contributed by atoms with Crippen LogP contribution in [-0.2, 0) is 16.1 Å². The molecule has 120 valence electrons. The number of benzene rings is 1. The van der Waals surface area contributed by atoms with E-state index in [2.05, 4.69) is 10.3 Å². The Morgan fingerprint density at radius 1 is 1.35 bits per heavy atom. The van der Waals surface area contributed by atoms with E-state index >= 15 is 0 Å². The van der Waals surface area contributed by atoms with Crippen LogP contribution in [0.2, 0.25) is 0 Å². The molecule has 2 heterocycles. The number of likely N-dealkylation sites (tertiary alicyclic amines) is 1. The highest BCUT2D eigenvalue weighted by atomic mass is 32.1. The summed E-state index contributed by atoms with van der Waals surface area (Å²) in [5, 5.41) is 3.84. The van der Waals surface area contributed by atoms with Crippen molar-refractivity contribution in [3.63, 3.8) is 0 Å². The minimum atomic E-state index is -0.212. The van der Waals surface area contributed by atoms with Crippen LogP contribution in [0.4, 0.5) is 0 Å². The highest BCUT2D eigenvalue weighted by Gasteiger charge is 2.36. The minimum absolute atomic E-state index is 0.0316. The monoisotopic (exact) mass is 329 g/mol. The molecule has 4 rings (SSSR count). The zero-order chi connectivity index (χ0) is 15.8. The van der Waals surface area contributed by atoms with Gasteiger partial charge in [-0.25, -0.2) is 4.98 Å². The lowest BCUT2D eigenvalue weighted by Crippen LogP contribution is -2.33. The van der Waals surface area contributed by atoms with E-state index in [1.54, 1.807) is 11.3 Å². The molecule has 1 saturated carbocycles. The van der Waals surface area contributed by atoms with Gasteiger partial charge in [-0.1, -0.05) is 12.1 Å². The lowest BCUT2D eigenvalue weighted by atomic mass is 10.1. The third-order valence-corrected chi connectivity index (χ3v) is 5.55. The van der Waals surface area contributed by atoms with Crippen LogP contribution in [0.15, 0.2) is 24.3 Å². The molecule has 0 bridgehead atoms. The number of nitrogens with zero attached hydrogens (tertiary/aromatic N) is 2. The van der Waals surface area contributed by atoms with Crippen molar-refractivity contribution in [2.24, 2.45) is 11.8 Å². The number of rotatable bonds is 5. The first-order valence-corrected chi connectivity index (χ1v) is 8.90. The van der Waals surface area contributed by atoms with Gasteiger partial charge in [0.25, 0.3) is 0 Å². The summed E-state index contributed by atoms with van der Waals surface area (Å²) in [6.07, 6.45) is 2.79. The van der Waals surface area contributed by atoms with Crippen molar-refractivity contribution < 1.29 is 9.59 Å². The van der Waals surface area contributed by atoms with E-state index < -0.39 is 0 Å². The van der Waals surface area contributed by atoms with Crippen LogP contribution in [0.1, 0.15) is 24.3 Å². The fraction of sp³-hybridized carbons (Fsp3) is 0.471. The Kier molecular flexibility index (Phi) is 3.77. The molecule has 0 radical (unpaired) electrons. The topological polar surface area (TPSA) is 62.3 Å². The van der Waals surface area contributed by atoms with Gasteiger partial charge in [0.15, 0.2) is 0 Å². The number of fused-ring (bicyclic) bond motifs is 1. The molecule has 1 aliphatic carbocycles. The summed E-state index contributed by atoms with van der Waals surface area (Å²) in [4.78, 5) is 30.7. The maximum Gasteiger partial charge on any atom is 0.225 e. The Bertz CT molecular complexity index is 720. The summed E-state index contributed by atoms with van der Waals surface area (Å²) >= 11 is 1.60. The third kappa shape index (κ3) is 3.22. The van der Waals surface area contributed by atoms with Crippen LogP contribution in [-0.4, -0.2) is 34.8 Å². The average Bonchev–Trinajstić information content (AvgIpc) is 3.14. The lowest BCUT2D eigenvalue weighted by molar-refractivity contribution is -0.129. The number of carbonyl (C=O) groups is 2. The van der Waals surface area contributed by atoms with Crippen LogP contribution in [0.25, 0.3) is 10.2 Å². The summed E-state index contributed by atoms with van der Waals surface area (Å²) in [5.74, 6) is 0.548. The van der Waals surface area contributed by atoms with Crippen LogP contribution < -0.4 is 5.32 Å². The maximum atomic E-state index is 12.3. The second-order valence-electron chi connectivity index (χ2n) is 6.44. The second kappa shape index (κ2) is 5.92. The standard InChI is InChI=1S/C17H19N3O2S/c21-16-7-12(10-20(16)9-11-5-6-11)17(22)18-8-15-19-13-3-1-2-4-14(13)23-15/h1-4,11-12H,5-10H2,(H,18,22)/t12-/m0/s1. The zero-order valence-electron chi connectivity index (χ0n) is 12.8. The van der Waals surface area contributed by atoms with Gasteiger partial charge in [0.05, 0.1) is 22.7 Å². The number of hydrogen-bond acceptors (Lipinski definition) is 4. The molecule has 1 N–H and O–H groups in total. The Morgan fingerprint density at radius 2 is 2.17 bits per heavy atom. The molecule has 1 saturated heterocycles. The van der Waals surface area contributed by atoms with Crippen molar-refractivity contribution >= 4 is 33.4 Å². The molecule has 1 aromatic carbocycles. The highest BCUT2D eigenvalue weighted by Crippen LogP contribution is 2.32. The first-order valence-electron chi connectivity index (χ1n) is 8.09. The maximum absolute atomic E-state index is 12.3. The average molecular weight is 329 g/mol. The zero-order valence-corrected chi connectivity index (χ0v) is 13.6. The molecular weight excluding hydrogens is 310 g/mol. The summed E-state index contributed by atoms with van der Waals surface area (Å²) in [7, 11) is 0. The largest absolute Gasteiger partial charge is 0.349 e. The van der Waals surface area contributed by atoms with E-state index in [1.165, 1.54) is 12.8 Å². The SMILES string of the molecule is O=C(NCc1nc2ccccc2s1)[C@H]1CC(=O)N(CC2CC2)C1. The van der Waals surface area contributed by atoms with Crippen molar-refractivity contribution in [1.29, 1.82) is 0 Å². The summed E-state index contributed by atoms with van der Waals surface area (Å²) < 4.78 is 1.13. The van der Waals surface area contributed by atoms with Crippen molar-refractivity contribution in [3.05, 3.63) is 29.3 Å². The Balaban J connectivity index is 1.33. The van der Waals surface area contributed by atoms with E-state index in [4.69, 9.17) is 0 Å². The Hall–Kier alpha value is -1.95. The number of thiazole rings is 1. The lowest BCUT2D eigenvalue weighted by Gasteiger charge is -2.15. The van der Waals surface area contributed by atoms with Gasteiger partial charge in [-0.05, 0) is 30.9 Å². The van der Waals surface area contributed by atoms with Crippen LogP contribution in [0.3, 0.4) is 0 Å². The normalized spacial score (nSPS) is 21.1. The van der Waals surface area contributed by atoms with Crippen molar-refractivity contribution in [1.82, 2.24) is 15.2 Å². The van der Waals surface area contributed by atoms with E-state index in [9.17, 15) is 9.59 Å². The molecule has 2 aromatic rings. The summed E-state index contributed by atoms with van der Waals surface area (Å²) in [5.41, 5.74) is 0.966. The molecule has 1 aliphatic heterocycles. The summed E-state index contributed by atoms with van der Waals surface area (Å²) in [6, 6.07) is 7.96. The number of nitrogens with one attached hydrogen (secondary N) is 1. The molecule has 1 atom stereocenters. The molecule has 2 aliphatic rings. The van der Waals surface area contributed by atoms with Gasteiger partial charge in [0.1, 0.15) is 5.01 Å². The highest BCUT2D eigenvalue weighted by molar-refractivity contribution is 7.18. The van der Waals surface area contributed by atoms with Crippen LogP contribution in [0.5, 0.6) is 0 Å². The number of aromatic nitrogens is 1.